The number of hydrogen-bond donors (Lipinski definition) is 1. The second kappa shape index (κ2) is 5.97. The van der Waals surface area contributed by atoms with E-state index in [2.05, 4.69) is 29.4 Å². The average Bonchev–Trinajstić information content (AvgIpc) is 3.09. The van der Waals surface area contributed by atoms with E-state index in [-0.39, 0.29) is 5.56 Å². The number of nitrogens with zero attached hydrogens (tertiary/aromatic N) is 3. The SMILES string of the molecule is CC(C)Nc1nnc(-c2cccn(C3CCCC3)c2=O)s1. The molecule has 5 nitrogen and oxygen atoms in total. The first-order chi connectivity index (χ1) is 10.1. The zero-order chi connectivity index (χ0) is 14.8. The number of pyridine rings is 1. The fraction of sp³-hybridized carbons (Fsp3) is 0.533. The van der Waals surface area contributed by atoms with E-state index in [1.165, 1.54) is 24.2 Å². The number of nitrogens with one attached hydrogen (secondary N) is 1. The van der Waals surface area contributed by atoms with E-state index in [0.29, 0.717) is 22.7 Å². The smallest absolute Gasteiger partial charge is 0.261 e. The lowest BCUT2D eigenvalue weighted by molar-refractivity contribution is 0.503. The van der Waals surface area contributed by atoms with Gasteiger partial charge in [0, 0.05) is 18.3 Å². The van der Waals surface area contributed by atoms with Crippen LogP contribution in [-0.4, -0.2) is 20.8 Å². The van der Waals surface area contributed by atoms with Crippen molar-refractivity contribution < 1.29 is 0 Å². The Hall–Kier alpha value is -1.69. The summed E-state index contributed by atoms with van der Waals surface area (Å²) in [5.41, 5.74) is 0.704. The van der Waals surface area contributed by atoms with Crippen molar-refractivity contribution in [1.82, 2.24) is 14.8 Å². The molecule has 0 saturated heterocycles. The molecule has 1 saturated carbocycles. The van der Waals surface area contributed by atoms with Crippen molar-refractivity contribution in [3.63, 3.8) is 0 Å². The Morgan fingerprint density at radius 1 is 1.33 bits per heavy atom. The molecule has 0 unspecified atom stereocenters. The Kier molecular flexibility index (Phi) is 4.05. The summed E-state index contributed by atoms with van der Waals surface area (Å²) in [5, 5.41) is 12.9. The van der Waals surface area contributed by atoms with Gasteiger partial charge in [0.25, 0.3) is 5.56 Å². The standard InChI is InChI=1S/C15H20N4OS/c1-10(2)16-15-18-17-13(21-15)12-8-5-9-19(14(12)20)11-6-3-4-7-11/h5,8-11H,3-4,6-7H2,1-2H3,(H,16,18). The summed E-state index contributed by atoms with van der Waals surface area (Å²) in [7, 11) is 0. The summed E-state index contributed by atoms with van der Waals surface area (Å²) in [5.74, 6) is 0. The highest BCUT2D eigenvalue weighted by Crippen LogP contribution is 2.29. The summed E-state index contributed by atoms with van der Waals surface area (Å²) in [6, 6.07) is 4.43. The maximum Gasteiger partial charge on any atom is 0.261 e. The summed E-state index contributed by atoms with van der Waals surface area (Å²) in [4.78, 5) is 12.7. The third kappa shape index (κ3) is 3.00. The van der Waals surface area contributed by atoms with Gasteiger partial charge in [-0.1, -0.05) is 24.2 Å². The molecule has 2 heterocycles. The van der Waals surface area contributed by atoms with Crippen LogP contribution in [0.1, 0.15) is 45.6 Å². The van der Waals surface area contributed by atoms with Crippen molar-refractivity contribution in [2.45, 2.75) is 51.6 Å². The van der Waals surface area contributed by atoms with E-state index in [9.17, 15) is 4.79 Å². The molecule has 0 aromatic carbocycles. The van der Waals surface area contributed by atoms with E-state index in [1.807, 2.05) is 22.9 Å². The van der Waals surface area contributed by atoms with Crippen molar-refractivity contribution >= 4 is 16.5 Å². The van der Waals surface area contributed by atoms with Gasteiger partial charge < -0.3 is 9.88 Å². The van der Waals surface area contributed by atoms with Crippen LogP contribution in [0.4, 0.5) is 5.13 Å². The molecule has 1 aliphatic rings. The lowest BCUT2D eigenvalue weighted by Crippen LogP contribution is -2.23. The molecule has 0 amide bonds. The highest BCUT2D eigenvalue weighted by molar-refractivity contribution is 7.18. The molecular weight excluding hydrogens is 284 g/mol. The third-order valence-corrected chi connectivity index (χ3v) is 4.65. The first-order valence-electron chi connectivity index (χ1n) is 7.46. The molecule has 0 bridgehead atoms. The van der Waals surface area contributed by atoms with Crippen LogP contribution >= 0.6 is 11.3 Å². The second-order valence-corrected chi connectivity index (χ2v) is 6.76. The van der Waals surface area contributed by atoms with Crippen molar-refractivity contribution in [3.05, 3.63) is 28.7 Å². The van der Waals surface area contributed by atoms with Crippen LogP contribution < -0.4 is 10.9 Å². The summed E-state index contributed by atoms with van der Waals surface area (Å²) >= 11 is 1.43. The first kappa shape index (κ1) is 14.3. The molecule has 2 aromatic rings. The molecule has 3 rings (SSSR count). The fourth-order valence-electron chi connectivity index (χ4n) is 2.78. The van der Waals surface area contributed by atoms with Crippen LogP contribution in [0.15, 0.2) is 23.1 Å². The van der Waals surface area contributed by atoms with Crippen LogP contribution in [0.3, 0.4) is 0 Å². The van der Waals surface area contributed by atoms with E-state index in [0.717, 1.165) is 18.0 Å². The molecular formula is C15H20N4OS. The molecule has 1 N–H and O–H groups in total. The minimum absolute atomic E-state index is 0.0525. The van der Waals surface area contributed by atoms with Gasteiger partial charge in [-0.3, -0.25) is 4.79 Å². The second-order valence-electron chi connectivity index (χ2n) is 5.78. The van der Waals surface area contributed by atoms with Crippen molar-refractivity contribution in [2.24, 2.45) is 0 Å². The van der Waals surface area contributed by atoms with Crippen LogP contribution in [-0.2, 0) is 0 Å². The van der Waals surface area contributed by atoms with Gasteiger partial charge >= 0.3 is 0 Å². The summed E-state index contributed by atoms with van der Waals surface area (Å²) in [6.45, 7) is 4.10. The van der Waals surface area contributed by atoms with Gasteiger partial charge in [-0.25, -0.2) is 0 Å². The fourth-order valence-corrected chi connectivity index (χ4v) is 3.69. The molecule has 2 aromatic heterocycles. The van der Waals surface area contributed by atoms with Crippen LogP contribution in [0.5, 0.6) is 0 Å². The van der Waals surface area contributed by atoms with Gasteiger partial charge in [0.1, 0.15) is 0 Å². The maximum absolute atomic E-state index is 12.7. The van der Waals surface area contributed by atoms with Gasteiger partial charge in [-0.2, -0.15) is 0 Å². The molecule has 0 atom stereocenters. The summed E-state index contributed by atoms with van der Waals surface area (Å²) < 4.78 is 1.87. The van der Waals surface area contributed by atoms with E-state index < -0.39 is 0 Å². The third-order valence-electron chi connectivity index (χ3n) is 3.76. The maximum atomic E-state index is 12.7. The Bertz CT molecular complexity index is 670. The highest BCUT2D eigenvalue weighted by atomic mass is 32.1. The predicted octanol–water partition coefficient (Wildman–Crippen LogP) is 3.30. The Labute approximate surface area is 128 Å². The molecule has 0 spiro atoms. The van der Waals surface area contributed by atoms with Crippen LogP contribution in [0.25, 0.3) is 10.6 Å². The van der Waals surface area contributed by atoms with E-state index in [1.54, 1.807) is 0 Å². The Balaban J connectivity index is 1.93. The van der Waals surface area contributed by atoms with Crippen molar-refractivity contribution in [3.8, 4) is 10.6 Å². The number of rotatable bonds is 4. The molecule has 6 heteroatoms. The minimum atomic E-state index is 0.0525. The highest BCUT2D eigenvalue weighted by Gasteiger charge is 2.20. The lowest BCUT2D eigenvalue weighted by Gasteiger charge is -2.13. The van der Waals surface area contributed by atoms with Crippen LogP contribution in [0, 0.1) is 0 Å². The predicted molar refractivity (Wildman–Crippen MR) is 85.9 cm³/mol. The quantitative estimate of drug-likeness (QED) is 0.941. The number of anilines is 1. The number of hydrogen-bond acceptors (Lipinski definition) is 5. The molecule has 1 fully saturated rings. The largest absolute Gasteiger partial charge is 0.358 e. The van der Waals surface area contributed by atoms with Gasteiger partial charge in [0.2, 0.25) is 5.13 Å². The Morgan fingerprint density at radius 2 is 2.10 bits per heavy atom. The van der Waals surface area contributed by atoms with Gasteiger partial charge in [0.05, 0.1) is 5.56 Å². The number of aromatic nitrogens is 3. The molecule has 112 valence electrons. The monoisotopic (exact) mass is 304 g/mol. The van der Waals surface area contributed by atoms with E-state index >= 15 is 0 Å². The van der Waals surface area contributed by atoms with Crippen molar-refractivity contribution in [2.75, 3.05) is 5.32 Å². The summed E-state index contributed by atoms with van der Waals surface area (Å²) in [6.07, 6.45) is 6.51. The normalized spacial score (nSPS) is 15.8. The molecule has 1 aliphatic carbocycles. The van der Waals surface area contributed by atoms with E-state index in [4.69, 9.17) is 0 Å². The molecule has 0 radical (unpaired) electrons. The lowest BCUT2D eigenvalue weighted by atomic mass is 10.2. The molecule has 21 heavy (non-hydrogen) atoms. The average molecular weight is 304 g/mol. The van der Waals surface area contributed by atoms with Gasteiger partial charge in [-0.05, 0) is 38.8 Å². The van der Waals surface area contributed by atoms with Crippen LogP contribution in [0.2, 0.25) is 0 Å². The zero-order valence-corrected chi connectivity index (χ0v) is 13.2. The van der Waals surface area contributed by atoms with Crippen molar-refractivity contribution in [1.29, 1.82) is 0 Å². The Morgan fingerprint density at radius 3 is 2.81 bits per heavy atom. The van der Waals surface area contributed by atoms with Gasteiger partial charge in [-0.15, -0.1) is 10.2 Å². The topological polar surface area (TPSA) is 59.8 Å². The first-order valence-corrected chi connectivity index (χ1v) is 8.28. The molecule has 0 aliphatic heterocycles. The minimum Gasteiger partial charge on any atom is -0.358 e. The zero-order valence-electron chi connectivity index (χ0n) is 12.4. The van der Waals surface area contributed by atoms with Gasteiger partial charge in [0.15, 0.2) is 5.01 Å².